The highest BCUT2D eigenvalue weighted by molar-refractivity contribution is 5.21. The van der Waals surface area contributed by atoms with Crippen molar-refractivity contribution in [3.63, 3.8) is 0 Å². The van der Waals surface area contributed by atoms with E-state index >= 15 is 0 Å². The van der Waals surface area contributed by atoms with E-state index in [9.17, 15) is 0 Å². The molecule has 0 aromatic carbocycles. The molecule has 0 aliphatic heterocycles. The number of rotatable bonds is 13. The van der Waals surface area contributed by atoms with Crippen LogP contribution >= 0.6 is 0 Å². The van der Waals surface area contributed by atoms with E-state index in [0.717, 1.165) is 43.7 Å². The maximum atomic E-state index is 5.86. The molecule has 1 fully saturated rings. The van der Waals surface area contributed by atoms with Gasteiger partial charge in [-0.1, -0.05) is 40.7 Å². The van der Waals surface area contributed by atoms with E-state index in [1.54, 1.807) is 0 Å². The van der Waals surface area contributed by atoms with E-state index in [1.807, 2.05) is 6.20 Å². The van der Waals surface area contributed by atoms with Crippen LogP contribution in [0.1, 0.15) is 124 Å². The van der Waals surface area contributed by atoms with Crippen LogP contribution in [0.4, 0.5) is 0 Å². The van der Waals surface area contributed by atoms with E-state index in [2.05, 4.69) is 110 Å². The molecule has 1 saturated carbocycles. The van der Waals surface area contributed by atoms with Crippen LogP contribution in [0.5, 0.6) is 5.75 Å². The van der Waals surface area contributed by atoms with E-state index < -0.39 is 0 Å². The molecular weight excluding hydrogens is 492 g/mol. The van der Waals surface area contributed by atoms with Gasteiger partial charge >= 0.3 is 0 Å². The molecule has 0 amide bonds. The van der Waals surface area contributed by atoms with E-state index in [-0.39, 0.29) is 21.9 Å². The second kappa shape index (κ2) is 13.3. The highest BCUT2D eigenvalue weighted by Crippen LogP contribution is 2.37. The van der Waals surface area contributed by atoms with Crippen molar-refractivity contribution >= 4 is 0 Å². The van der Waals surface area contributed by atoms with Gasteiger partial charge in [0.15, 0.2) is 0 Å². The Morgan fingerprint density at radius 1 is 0.800 bits per heavy atom. The summed E-state index contributed by atoms with van der Waals surface area (Å²) in [4.78, 5) is 9.51. The van der Waals surface area contributed by atoms with Crippen molar-refractivity contribution in [2.75, 3.05) is 13.2 Å². The van der Waals surface area contributed by atoms with Gasteiger partial charge in [-0.25, -0.2) is 0 Å². The molecule has 5 nitrogen and oxygen atoms in total. The Kier molecular flexibility index (Phi) is 10.8. The predicted molar refractivity (Wildman–Crippen MR) is 169 cm³/mol. The Hall–Kier alpha value is -1.98. The van der Waals surface area contributed by atoms with Crippen LogP contribution in [0, 0.1) is 10.8 Å². The number of hydrogen-bond donors (Lipinski definition) is 2. The molecule has 3 rings (SSSR count). The fraction of sp³-hybridized carbons (Fsp3) is 0.714. The number of ether oxygens (including phenoxy) is 1. The lowest BCUT2D eigenvalue weighted by molar-refractivity contribution is 0.240. The van der Waals surface area contributed by atoms with Gasteiger partial charge in [-0.05, 0) is 120 Å². The molecule has 0 bridgehead atoms. The lowest BCUT2D eigenvalue weighted by Gasteiger charge is -2.34. The van der Waals surface area contributed by atoms with Crippen LogP contribution in [-0.2, 0) is 12.8 Å². The number of nitrogens with one attached hydrogen (secondary N) is 2. The van der Waals surface area contributed by atoms with Gasteiger partial charge in [0.1, 0.15) is 12.4 Å². The summed E-state index contributed by atoms with van der Waals surface area (Å²) in [7, 11) is 0. The second-order valence-electron chi connectivity index (χ2n) is 15.9. The molecule has 2 atom stereocenters. The van der Waals surface area contributed by atoms with Crippen LogP contribution < -0.4 is 15.4 Å². The minimum Gasteiger partial charge on any atom is -0.491 e. The third kappa shape index (κ3) is 11.9. The number of aromatic nitrogens is 2. The SMILES string of the molecule is CC(C)(C)Cc1ccc(C2CC[C@@H](NC(C)(C)CCC(C)(C)Cc3ccc(OCCNC(C)(C)C)cn3)C2)cn1. The van der Waals surface area contributed by atoms with Crippen molar-refractivity contribution < 1.29 is 4.74 Å². The minimum atomic E-state index is 0.108. The standard InChI is InChI=1S/C35H58N4O/c1-32(2,3)22-29-14-12-27(24-36-29)26-11-13-28(21-26)39-35(9,10)18-17-34(7,8)23-30-15-16-31(25-37-30)40-20-19-38-33(4,5)6/h12,14-16,24-26,28,38-39H,11,13,17-23H2,1-10H3/t26?,28-/m1/s1. The van der Waals surface area contributed by atoms with Crippen molar-refractivity contribution in [2.45, 2.75) is 137 Å². The number of nitrogens with zero attached hydrogens (tertiary/aromatic N) is 2. The fourth-order valence-electron chi connectivity index (χ4n) is 5.79. The van der Waals surface area contributed by atoms with Crippen LogP contribution in [-0.4, -0.2) is 40.2 Å². The molecular formula is C35H58N4O. The van der Waals surface area contributed by atoms with Gasteiger partial charge in [-0.15, -0.1) is 0 Å². The Morgan fingerprint density at radius 3 is 2.08 bits per heavy atom. The highest BCUT2D eigenvalue weighted by Gasteiger charge is 2.32. The lowest BCUT2D eigenvalue weighted by atomic mass is 9.79. The van der Waals surface area contributed by atoms with Gasteiger partial charge in [-0.2, -0.15) is 0 Å². The molecule has 2 aromatic rings. The van der Waals surface area contributed by atoms with Crippen LogP contribution in [0.25, 0.3) is 0 Å². The molecule has 0 saturated heterocycles. The van der Waals surface area contributed by atoms with Gasteiger partial charge in [0.05, 0.1) is 6.20 Å². The minimum absolute atomic E-state index is 0.108. The first-order chi connectivity index (χ1) is 18.5. The van der Waals surface area contributed by atoms with E-state index in [1.165, 1.54) is 30.5 Å². The van der Waals surface area contributed by atoms with Crippen molar-refractivity contribution in [3.05, 3.63) is 53.6 Å². The largest absolute Gasteiger partial charge is 0.491 e. The third-order valence-electron chi connectivity index (χ3n) is 7.97. The van der Waals surface area contributed by atoms with Gasteiger partial charge in [0.25, 0.3) is 0 Å². The zero-order valence-corrected chi connectivity index (χ0v) is 27.3. The van der Waals surface area contributed by atoms with Crippen LogP contribution in [0.15, 0.2) is 36.7 Å². The zero-order chi connectivity index (χ0) is 29.6. The molecule has 2 N–H and O–H groups in total. The summed E-state index contributed by atoms with van der Waals surface area (Å²) in [5.74, 6) is 1.46. The van der Waals surface area contributed by atoms with Crippen LogP contribution in [0.2, 0.25) is 0 Å². The van der Waals surface area contributed by atoms with Crippen molar-refractivity contribution in [3.8, 4) is 5.75 Å². The average Bonchev–Trinajstić information content (AvgIpc) is 3.28. The quantitative estimate of drug-likeness (QED) is 0.248. The molecule has 5 heteroatoms. The van der Waals surface area contributed by atoms with Gasteiger partial charge < -0.3 is 15.4 Å². The summed E-state index contributed by atoms with van der Waals surface area (Å²) >= 11 is 0. The van der Waals surface area contributed by atoms with Crippen LogP contribution in [0.3, 0.4) is 0 Å². The number of pyridine rings is 2. The Balaban J connectivity index is 1.42. The molecule has 0 radical (unpaired) electrons. The Morgan fingerprint density at radius 2 is 1.48 bits per heavy atom. The fourth-order valence-corrected chi connectivity index (χ4v) is 5.79. The van der Waals surface area contributed by atoms with E-state index in [4.69, 9.17) is 14.7 Å². The zero-order valence-electron chi connectivity index (χ0n) is 27.3. The first-order valence-corrected chi connectivity index (χ1v) is 15.5. The Labute approximate surface area is 245 Å². The maximum absolute atomic E-state index is 5.86. The van der Waals surface area contributed by atoms with Crippen molar-refractivity contribution in [2.24, 2.45) is 10.8 Å². The number of hydrogen-bond acceptors (Lipinski definition) is 5. The smallest absolute Gasteiger partial charge is 0.137 e. The first kappa shape index (κ1) is 32.5. The average molecular weight is 551 g/mol. The maximum Gasteiger partial charge on any atom is 0.137 e. The van der Waals surface area contributed by atoms with Crippen molar-refractivity contribution in [1.29, 1.82) is 0 Å². The van der Waals surface area contributed by atoms with Crippen molar-refractivity contribution in [1.82, 2.24) is 20.6 Å². The summed E-state index contributed by atoms with van der Waals surface area (Å²) in [6.45, 7) is 24.3. The second-order valence-corrected chi connectivity index (χ2v) is 15.9. The summed E-state index contributed by atoms with van der Waals surface area (Å²) < 4.78 is 5.86. The summed E-state index contributed by atoms with van der Waals surface area (Å²) in [6.07, 6.45) is 12.0. The normalized spacial score (nSPS) is 18.8. The van der Waals surface area contributed by atoms with E-state index in [0.29, 0.717) is 18.6 Å². The topological polar surface area (TPSA) is 59.1 Å². The third-order valence-corrected chi connectivity index (χ3v) is 7.97. The van der Waals surface area contributed by atoms with Gasteiger partial charge in [0.2, 0.25) is 0 Å². The summed E-state index contributed by atoms with van der Waals surface area (Å²) in [5, 5.41) is 7.46. The summed E-state index contributed by atoms with van der Waals surface area (Å²) in [5.41, 5.74) is 4.43. The highest BCUT2D eigenvalue weighted by atomic mass is 16.5. The first-order valence-electron chi connectivity index (χ1n) is 15.5. The molecule has 40 heavy (non-hydrogen) atoms. The lowest BCUT2D eigenvalue weighted by Crippen LogP contribution is -2.45. The molecule has 1 unspecified atom stereocenters. The van der Waals surface area contributed by atoms with Gasteiger partial charge in [-0.3, -0.25) is 9.97 Å². The molecule has 0 spiro atoms. The molecule has 1 aliphatic carbocycles. The molecule has 2 aromatic heterocycles. The molecule has 1 aliphatic rings. The summed E-state index contributed by atoms with van der Waals surface area (Å²) in [6, 6.07) is 9.33. The molecule has 2 heterocycles. The van der Waals surface area contributed by atoms with Gasteiger partial charge in [0, 0.05) is 41.2 Å². The Bertz CT molecular complexity index is 1030. The predicted octanol–water partition coefficient (Wildman–Crippen LogP) is 7.89. The monoisotopic (exact) mass is 550 g/mol. The molecule has 224 valence electrons.